The summed E-state index contributed by atoms with van der Waals surface area (Å²) in [5.74, 6) is -0.282. The van der Waals surface area contributed by atoms with Gasteiger partial charge in [-0.25, -0.2) is 9.67 Å². The lowest BCUT2D eigenvalue weighted by Gasteiger charge is -1.98. The number of carbonyl (C=O) groups excluding carboxylic acids is 1. The van der Waals surface area contributed by atoms with Crippen molar-refractivity contribution in [2.45, 2.75) is 27.2 Å². The zero-order valence-corrected chi connectivity index (χ0v) is 12.7. The highest BCUT2D eigenvalue weighted by molar-refractivity contribution is 7.12. The van der Waals surface area contributed by atoms with Gasteiger partial charge in [0.1, 0.15) is 5.15 Å². The first-order chi connectivity index (χ1) is 9.19. The number of hydrogen-bond acceptors (Lipinski definition) is 5. The molecule has 2 heterocycles. The molecule has 5 nitrogen and oxygen atoms in total. The van der Waals surface area contributed by atoms with Gasteiger partial charge in [0.05, 0.1) is 18.7 Å². The predicted molar refractivity (Wildman–Crippen MR) is 75.9 cm³/mol. The van der Waals surface area contributed by atoms with Gasteiger partial charge in [-0.2, -0.15) is 5.10 Å². The van der Waals surface area contributed by atoms with Crippen LogP contribution in [0.1, 0.15) is 26.5 Å². The van der Waals surface area contributed by atoms with Crippen LogP contribution in [-0.4, -0.2) is 27.3 Å². The maximum Gasteiger partial charge on any atom is 0.311 e. The number of thiazole rings is 1. The van der Waals surface area contributed by atoms with Crippen molar-refractivity contribution < 1.29 is 9.53 Å². The molecule has 7 heteroatoms. The monoisotopic (exact) mass is 301 g/mol. The molecule has 0 radical (unpaired) electrons. The summed E-state index contributed by atoms with van der Waals surface area (Å²) in [5, 5.41) is 7.06. The molecule has 0 saturated carbocycles. The second kappa shape index (κ2) is 7.91. The topological polar surface area (TPSA) is 57.0 Å². The van der Waals surface area contributed by atoms with Crippen molar-refractivity contribution in [3.63, 3.8) is 0 Å². The standard InChI is InChI=1S/C10H10ClN3O2S.C2H6/c1-2-16-9(15)5-7-3-4-14(13-7)10-12-8(11)6-17-10;1-2/h3-4,6H,2,5H2,1H3;1-2H3. The molecule has 0 aliphatic carbocycles. The van der Waals surface area contributed by atoms with Crippen molar-refractivity contribution in [1.29, 1.82) is 0 Å². The highest BCUT2D eigenvalue weighted by atomic mass is 35.5. The number of ether oxygens (including phenoxy) is 1. The van der Waals surface area contributed by atoms with E-state index in [0.717, 1.165) is 0 Å². The maximum atomic E-state index is 11.3. The molecule has 0 amide bonds. The Kier molecular flexibility index (Phi) is 6.52. The minimum atomic E-state index is -0.282. The van der Waals surface area contributed by atoms with E-state index in [2.05, 4.69) is 10.1 Å². The van der Waals surface area contributed by atoms with E-state index in [9.17, 15) is 4.79 Å². The van der Waals surface area contributed by atoms with Crippen LogP contribution in [0.3, 0.4) is 0 Å². The quantitative estimate of drug-likeness (QED) is 0.814. The summed E-state index contributed by atoms with van der Waals surface area (Å²) in [7, 11) is 0. The molecule has 0 fully saturated rings. The van der Waals surface area contributed by atoms with Crippen molar-refractivity contribution in [2.75, 3.05) is 6.61 Å². The van der Waals surface area contributed by atoms with Crippen LogP contribution in [0.5, 0.6) is 0 Å². The lowest BCUT2D eigenvalue weighted by Crippen LogP contribution is -2.08. The Hall–Kier alpha value is -1.40. The van der Waals surface area contributed by atoms with Crippen molar-refractivity contribution >= 4 is 28.9 Å². The summed E-state index contributed by atoms with van der Waals surface area (Å²) in [5.41, 5.74) is 0.648. The molecule has 0 N–H and O–H groups in total. The van der Waals surface area contributed by atoms with E-state index in [0.29, 0.717) is 22.6 Å². The van der Waals surface area contributed by atoms with Crippen LogP contribution in [0.15, 0.2) is 17.6 Å². The summed E-state index contributed by atoms with van der Waals surface area (Å²) < 4.78 is 6.43. The fourth-order valence-electron chi connectivity index (χ4n) is 1.27. The van der Waals surface area contributed by atoms with Crippen LogP contribution in [0.25, 0.3) is 5.13 Å². The summed E-state index contributed by atoms with van der Waals surface area (Å²) in [6, 6.07) is 1.76. The van der Waals surface area contributed by atoms with E-state index >= 15 is 0 Å². The Labute approximate surface area is 121 Å². The van der Waals surface area contributed by atoms with Crippen LogP contribution in [0.4, 0.5) is 0 Å². The smallest absolute Gasteiger partial charge is 0.311 e. The summed E-state index contributed by atoms with van der Waals surface area (Å²) >= 11 is 7.11. The van der Waals surface area contributed by atoms with E-state index < -0.39 is 0 Å². The molecule has 0 unspecified atom stereocenters. The van der Waals surface area contributed by atoms with Crippen molar-refractivity contribution in [3.05, 3.63) is 28.5 Å². The fourth-order valence-corrected chi connectivity index (χ4v) is 2.15. The van der Waals surface area contributed by atoms with Gasteiger partial charge in [0.15, 0.2) is 0 Å². The second-order valence-electron chi connectivity index (χ2n) is 3.19. The molecule has 0 aliphatic heterocycles. The molecule has 19 heavy (non-hydrogen) atoms. The maximum absolute atomic E-state index is 11.3. The third kappa shape index (κ3) is 4.65. The van der Waals surface area contributed by atoms with Gasteiger partial charge in [-0.05, 0) is 13.0 Å². The molecule has 104 valence electrons. The minimum Gasteiger partial charge on any atom is -0.466 e. The minimum absolute atomic E-state index is 0.167. The summed E-state index contributed by atoms with van der Waals surface area (Å²) in [6.45, 7) is 6.15. The molecule has 2 aromatic heterocycles. The molecule has 0 spiro atoms. The highest BCUT2D eigenvalue weighted by Crippen LogP contribution is 2.17. The van der Waals surface area contributed by atoms with E-state index in [1.54, 1.807) is 29.2 Å². The molecule has 0 bridgehead atoms. The highest BCUT2D eigenvalue weighted by Gasteiger charge is 2.09. The van der Waals surface area contributed by atoms with Crippen LogP contribution >= 0.6 is 22.9 Å². The predicted octanol–water partition coefficient (Wildman–Crippen LogP) is 3.11. The zero-order valence-electron chi connectivity index (χ0n) is 11.1. The van der Waals surface area contributed by atoms with Gasteiger partial charge < -0.3 is 4.74 Å². The van der Waals surface area contributed by atoms with Gasteiger partial charge in [-0.1, -0.05) is 25.4 Å². The van der Waals surface area contributed by atoms with Gasteiger partial charge in [0.2, 0.25) is 5.13 Å². The number of aromatic nitrogens is 3. The Bertz CT molecular complexity index is 525. The molecule has 0 saturated heterocycles. The van der Waals surface area contributed by atoms with Crippen molar-refractivity contribution in [1.82, 2.24) is 14.8 Å². The lowest BCUT2D eigenvalue weighted by atomic mass is 10.3. The van der Waals surface area contributed by atoms with Gasteiger partial charge >= 0.3 is 5.97 Å². The number of carbonyl (C=O) groups is 1. The molecule has 0 atom stereocenters. The van der Waals surface area contributed by atoms with Crippen LogP contribution in [-0.2, 0) is 16.0 Å². The second-order valence-corrected chi connectivity index (χ2v) is 4.41. The zero-order chi connectivity index (χ0) is 14.3. The van der Waals surface area contributed by atoms with E-state index in [4.69, 9.17) is 16.3 Å². The third-order valence-electron chi connectivity index (χ3n) is 1.94. The number of nitrogens with zero attached hydrogens (tertiary/aromatic N) is 3. The number of hydrogen-bond donors (Lipinski definition) is 0. The van der Waals surface area contributed by atoms with Gasteiger partial charge in [0.25, 0.3) is 0 Å². The summed E-state index contributed by atoms with van der Waals surface area (Å²) in [6.07, 6.45) is 1.91. The largest absolute Gasteiger partial charge is 0.466 e. The van der Waals surface area contributed by atoms with Crippen LogP contribution in [0.2, 0.25) is 5.15 Å². The lowest BCUT2D eigenvalue weighted by molar-refractivity contribution is -0.142. The first-order valence-electron chi connectivity index (χ1n) is 6.00. The van der Waals surface area contributed by atoms with E-state index in [1.165, 1.54) is 11.3 Å². The molecular formula is C12H16ClN3O2S. The average molecular weight is 302 g/mol. The Morgan fingerprint density at radius 1 is 1.53 bits per heavy atom. The molecule has 2 rings (SSSR count). The Balaban J connectivity index is 0.000000861. The van der Waals surface area contributed by atoms with Crippen molar-refractivity contribution in [3.8, 4) is 5.13 Å². The van der Waals surface area contributed by atoms with E-state index in [-0.39, 0.29) is 12.4 Å². The van der Waals surface area contributed by atoms with E-state index in [1.807, 2.05) is 13.8 Å². The normalized spacial score (nSPS) is 9.68. The SMILES string of the molecule is CC.CCOC(=O)Cc1ccn(-c2nc(Cl)cs2)n1. The van der Waals surface area contributed by atoms with Gasteiger partial charge in [-0.15, -0.1) is 11.3 Å². The molecule has 2 aromatic rings. The first-order valence-corrected chi connectivity index (χ1v) is 7.26. The third-order valence-corrected chi connectivity index (χ3v) is 3.09. The number of halogens is 1. The number of rotatable bonds is 4. The fraction of sp³-hybridized carbons (Fsp3) is 0.417. The van der Waals surface area contributed by atoms with Gasteiger partial charge in [0, 0.05) is 11.6 Å². The molecule has 0 aromatic carbocycles. The molecule has 0 aliphatic rings. The first kappa shape index (κ1) is 15.7. The number of esters is 1. The van der Waals surface area contributed by atoms with Crippen LogP contribution < -0.4 is 0 Å². The molecular weight excluding hydrogens is 286 g/mol. The summed E-state index contributed by atoms with van der Waals surface area (Å²) in [4.78, 5) is 15.3. The Morgan fingerprint density at radius 2 is 2.26 bits per heavy atom. The average Bonchev–Trinajstić information content (AvgIpc) is 3.01. The van der Waals surface area contributed by atoms with Crippen LogP contribution in [0, 0.1) is 0 Å². The van der Waals surface area contributed by atoms with Gasteiger partial charge in [-0.3, -0.25) is 4.79 Å². The van der Waals surface area contributed by atoms with Crippen molar-refractivity contribution in [2.24, 2.45) is 0 Å². The Morgan fingerprint density at radius 3 is 2.84 bits per heavy atom.